The number of hydrogen-bond donors (Lipinski definition) is 1. The fraction of sp³-hybridized carbons (Fsp3) is 0.440. The van der Waals surface area contributed by atoms with Crippen LogP contribution in [0.2, 0.25) is 0 Å². The van der Waals surface area contributed by atoms with Gasteiger partial charge in [-0.25, -0.2) is 8.42 Å². The molecule has 0 aliphatic heterocycles. The summed E-state index contributed by atoms with van der Waals surface area (Å²) in [5, 5.41) is 2.51. The van der Waals surface area contributed by atoms with Crippen LogP contribution < -0.4 is 10.1 Å². The number of hydrogen-bond acceptors (Lipinski definition) is 5. The highest BCUT2D eigenvalue weighted by Crippen LogP contribution is 2.36. The van der Waals surface area contributed by atoms with Gasteiger partial charge in [0.15, 0.2) is 9.84 Å². The van der Waals surface area contributed by atoms with Crippen LogP contribution >= 0.6 is 15.9 Å². The highest BCUT2D eigenvalue weighted by molar-refractivity contribution is 9.10. The molecule has 0 unspecified atom stereocenters. The van der Waals surface area contributed by atoms with Crippen molar-refractivity contribution < 1.29 is 22.7 Å². The molecule has 2 amide bonds. The van der Waals surface area contributed by atoms with Gasteiger partial charge in [-0.3, -0.25) is 9.59 Å². The summed E-state index contributed by atoms with van der Waals surface area (Å²) in [6, 6.07) is 10.6. The summed E-state index contributed by atoms with van der Waals surface area (Å²) in [6.07, 6.45) is 4.71. The molecular weight excluding hydrogens is 520 g/mol. The zero-order chi connectivity index (χ0) is 24.7. The van der Waals surface area contributed by atoms with Crippen molar-refractivity contribution in [2.24, 2.45) is 0 Å². The first-order valence-corrected chi connectivity index (χ1v) is 13.8. The van der Waals surface area contributed by atoms with E-state index in [9.17, 15) is 18.0 Å². The maximum atomic E-state index is 12.8. The van der Waals surface area contributed by atoms with Gasteiger partial charge in [-0.1, -0.05) is 29.3 Å². The first kappa shape index (κ1) is 26.2. The number of sulfone groups is 1. The van der Waals surface area contributed by atoms with E-state index in [0.29, 0.717) is 43.5 Å². The van der Waals surface area contributed by atoms with Gasteiger partial charge in [-0.2, -0.15) is 0 Å². The lowest BCUT2D eigenvalue weighted by Gasteiger charge is -2.17. The molecule has 3 rings (SSSR count). The number of halogens is 1. The third kappa shape index (κ3) is 7.06. The van der Waals surface area contributed by atoms with Crippen molar-refractivity contribution in [3.63, 3.8) is 0 Å². The van der Waals surface area contributed by atoms with Crippen molar-refractivity contribution in [3.8, 4) is 5.75 Å². The van der Waals surface area contributed by atoms with Gasteiger partial charge >= 0.3 is 0 Å². The molecule has 2 aromatic carbocycles. The predicted molar refractivity (Wildman–Crippen MR) is 136 cm³/mol. The molecular formula is C25H31BrN2O5S. The van der Waals surface area contributed by atoms with Crippen molar-refractivity contribution in [3.05, 3.63) is 52.0 Å². The molecule has 0 spiro atoms. The average Bonchev–Trinajstić information content (AvgIpc) is 3.65. The van der Waals surface area contributed by atoms with Crippen LogP contribution in [0.25, 0.3) is 0 Å². The van der Waals surface area contributed by atoms with Crippen molar-refractivity contribution in [2.45, 2.75) is 62.1 Å². The largest absolute Gasteiger partial charge is 0.493 e. The highest BCUT2D eigenvalue weighted by Gasteiger charge is 2.38. The third-order valence-corrected chi connectivity index (χ3v) is 8.47. The van der Waals surface area contributed by atoms with E-state index in [2.05, 4.69) is 28.2 Å². The Balaban J connectivity index is 1.71. The Morgan fingerprint density at radius 1 is 1.21 bits per heavy atom. The Bertz CT molecular complexity index is 1130. The number of nitrogens with one attached hydrogen (secondary N) is 1. The van der Waals surface area contributed by atoms with Gasteiger partial charge in [0, 0.05) is 30.2 Å². The van der Waals surface area contributed by atoms with Gasteiger partial charge in [-0.15, -0.1) is 0 Å². The minimum absolute atomic E-state index is 0.144. The molecule has 1 N–H and O–H groups in total. The fourth-order valence-electron chi connectivity index (χ4n) is 3.60. The van der Waals surface area contributed by atoms with Crippen LogP contribution in [0.4, 0.5) is 5.69 Å². The van der Waals surface area contributed by atoms with E-state index < -0.39 is 9.84 Å². The SMILES string of the molecule is CCCCOc1ccc(Br)cc1CCC(=O)Nc1ccc(S(=O)(=O)C2CC2)c(CN(C)C=O)c1. The van der Waals surface area contributed by atoms with Crippen LogP contribution in [0.5, 0.6) is 5.75 Å². The number of carbonyl (C=O) groups is 2. The monoisotopic (exact) mass is 550 g/mol. The molecule has 0 saturated heterocycles. The number of ether oxygens (including phenoxy) is 1. The topological polar surface area (TPSA) is 92.8 Å². The summed E-state index contributed by atoms with van der Waals surface area (Å²) in [5.41, 5.74) is 1.94. The number of amides is 2. The van der Waals surface area contributed by atoms with Crippen molar-refractivity contribution in [1.82, 2.24) is 4.90 Å². The average molecular weight is 552 g/mol. The molecule has 0 aromatic heterocycles. The molecule has 0 bridgehead atoms. The summed E-state index contributed by atoms with van der Waals surface area (Å²) in [4.78, 5) is 25.4. The molecule has 1 aliphatic carbocycles. The summed E-state index contributed by atoms with van der Waals surface area (Å²) in [5.74, 6) is 0.588. The van der Waals surface area contributed by atoms with E-state index in [4.69, 9.17) is 4.74 Å². The van der Waals surface area contributed by atoms with Crippen LogP contribution in [-0.4, -0.2) is 44.5 Å². The molecule has 0 atom stereocenters. The van der Waals surface area contributed by atoms with Crippen LogP contribution in [-0.2, 0) is 32.4 Å². The zero-order valence-electron chi connectivity index (χ0n) is 19.6. The van der Waals surface area contributed by atoms with Crippen LogP contribution in [0.15, 0.2) is 45.8 Å². The fourth-order valence-corrected chi connectivity index (χ4v) is 5.88. The van der Waals surface area contributed by atoms with Gasteiger partial charge in [0.25, 0.3) is 0 Å². The number of carbonyl (C=O) groups excluding carboxylic acids is 2. The summed E-state index contributed by atoms with van der Waals surface area (Å²) in [6.45, 7) is 2.88. The highest BCUT2D eigenvalue weighted by atomic mass is 79.9. The van der Waals surface area contributed by atoms with Gasteiger partial charge in [0.2, 0.25) is 12.3 Å². The molecule has 1 aliphatic rings. The number of benzene rings is 2. The predicted octanol–water partition coefficient (Wildman–Crippen LogP) is 4.72. The zero-order valence-corrected chi connectivity index (χ0v) is 22.0. The van der Waals surface area contributed by atoms with E-state index in [1.165, 1.54) is 11.0 Å². The Labute approximate surface area is 209 Å². The second-order valence-electron chi connectivity index (χ2n) is 8.59. The van der Waals surface area contributed by atoms with Gasteiger partial charge in [0.1, 0.15) is 5.75 Å². The van der Waals surface area contributed by atoms with E-state index in [1.807, 2.05) is 18.2 Å². The Kier molecular flexibility index (Phi) is 9.13. The summed E-state index contributed by atoms with van der Waals surface area (Å²) >= 11 is 3.48. The smallest absolute Gasteiger partial charge is 0.224 e. The van der Waals surface area contributed by atoms with Crippen LogP contribution in [0, 0.1) is 0 Å². The van der Waals surface area contributed by atoms with E-state index >= 15 is 0 Å². The Morgan fingerprint density at radius 2 is 1.97 bits per heavy atom. The van der Waals surface area contributed by atoms with Crippen molar-refractivity contribution >= 4 is 43.8 Å². The summed E-state index contributed by atoms with van der Waals surface area (Å²) < 4.78 is 32.4. The first-order valence-electron chi connectivity index (χ1n) is 11.5. The molecule has 1 fully saturated rings. The van der Waals surface area contributed by atoms with E-state index in [1.54, 1.807) is 19.2 Å². The standard InChI is InChI=1S/C25H31BrN2O5S/c1-3-4-13-33-23-10-6-20(26)14-18(23)5-12-25(30)27-21-7-11-24(34(31,32)22-8-9-22)19(15-21)16-28(2)17-29/h6-7,10-11,14-15,17,22H,3-5,8-9,12-13,16H2,1-2H3,(H,27,30). The number of unbranched alkanes of at least 4 members (excludes halogenated alkanes) is 1. The molecule has 9 heteroatoms. The number of anilines is 1. The van der Waals surface area contributed by atoms with Crippen molar-refractivity contribution in [1.29, 1.82) is 0 Å². The molecule has 184 valence electrons. The molecule has 1 saturated carbocycles. The lowest BCUT2D eigenvalue weighted by molar-refractivity contribution is -0.117. The Morgan fingerprint density at radius 3 is 2.65 bits per heavy atom. The van der Waals surface area contributed by atoms with Gasteiger partial charge < -0.3 is 15.0 Å². The van der Waals surface area contributed by atoms with Crippen molar-refractivity contribution in [2.75, 3.05) is 19.0 Å². The lowest BCUT2D eigenvalue weighted by Crippen LogP contribution is -2.19. The first-order chi connectivity index (χ1) is 16.2. The molecule has 0 radical (unpaired) electrons. The van der Waals surface area contributed by atoms with Gasteiger partial charge in [0.05, 0.1) is 16.8 Å². The van der Waals surface area contributed by atoms with Crippen LogP contribution in [0.3, 0.4) is 0 Å². The lowest BCUT2D eigenvalue weighted by atomic mass is 10.1. The minimum atomic E-state index is -3.43. The second kappa shape index (κ2) is 11.8. The quantitative estimate of drug-likeness (QED) is 0.287. The Hall–Kier alpha value is -2.39. The maximum Gasteiger partial charge on any atom is 0.224 e. The molecule has 34 heavy (non-hydrogen) atoms. The molecule has 2 aromatic rings. The van der Waals surface area contributed by atoms with Gasteiger partial charge in [-0.05, 0) is 73.2 Å². The second-order valence-corrected chi connectivity index (χ2v) is 11.7. The van der Waals surface area contributed by atoms with Crippen LogP contribution in [0.1, 0.15) is 50.2 Å². The number of aryl methyl sites for hydroxylation is 1. The summed E-state index contributed by atoms with van der Waals surface area (Å²) in [7, 11) is -1.85. The third-order valence-electron chi connectivity index (χ3n) is 5.61. The number of rotatable bonds is 13. The minimum Gasteiger partial charge on any atom is -0.493 e. The molecule has 0 heterocycles. The maximum absolute atomic E-state index is 12.8. The molecule has 7 nitrogen and oxygen atoms in total. The van der Waals surface area contributed by atoms with E-state index in [-0.39, 0.29) is 29.0 Å². The van der Waals surface area contributed by atoms with E-state index in [0.717, 1.165) is 28.6 Å². The number of nitrogens with zero attached hydrogens (tertiary/aromatic N) is 1. The normalized spacial score (nSPS) is 13.4.